The molecule has 3 heterocycles. The smallest absolute Gasteiger partial charge is 0.264 e. The molecule has 1 amide bonds. The highest BCUT2D eigenvalue weighted by atomic mass is 35.5. The maximum Gasteiger partial charge on any atom is 0.264 e. The van der Waals surface area contributed by atoms with Crippen molar-refractivity contribution in [2.75, 3.05) is 6.54 Å². The van der Waals surface area contributed by atoms with Crippen molar-refractivity contribution >= 4 is 39.1 Å². The molecule has 22 heavy (non-hydrogen) atoms. The maximum atomic E-state index is 12.8. The highest BCUT2D eigenvalue weighted by Crippen LogP contribution is 2.34. The van der Waals surface area contributed by atoms with Gasteiger partial charge in [-0.15, -0.1) is 11.3 Å². The monoisotopic (exact) mass is 340 g/mol. The van der Waals surface area contributed by atoms with E-state index in [0.29, 0.717) is 21.8 Å². The summed E-state index contributed by atoms with van der Waals surface area (Å²) in [5, 5.41) is 20.7. The Morgan fingerprint density at radius 1 is 1.55 bits per heavy atom. The molecule has 2 N–H and O–H groups in total. The molecule has 0 bridgehead atoms. The number of fused-ring (bicyclic) bond motifs is 1. The lowest BCUT2D eigenvalue weighted by molar-refractivity contribution is 0.000157. The first-order valence-electron chi connectivity index (χ1n) is 7.03. The highest BCUT2D eigenvalue weighted by Gasteiger charge is 2.43. The van der Waals surface area contributed by atoms with Crippen LogP contribution in [-0.2, 0) is 0 Å². The van der Waals surface area contributed by atoms with Crippen molar-refractivity contribution in [3.63, 3.8) is 0 Å². The van der Waals surface area contributed by atoms with Gasteiger partial charge >= 0.3 is 0 Å². The number of hydrogen-bond acceptors (Lipinski definition) is 5. The Hall–Kier alpha value is -1.21. The number of carbonyl (C=O) groups excluding carboxylic acids is 1. The summed E-state index contributed by atoms with van der Waals surface area (Å²) in [5.74, 6) is -0.206. The number of halogens is 1. The molecule has 1 saturated heterocycles. The zero-order chi connectivity index (χ0) is 16.1. The van der Waals surface area contributed by atoms with Gasteiger partial charge in [-0.1, -0.05) is 11.6 Å². The molecule has 2 aromatic rings. The quantitative estimate of drug-likeness (QED) is 0.879. The van der Waals surface area contributed by atoms with Gasteiger partial charge in [0.2, 0.25) is 0 Å². The van der Waals surface area contributed by atoms with Gasteiger partial charge in [0.1, 0.15) is 0 Å². The fraction of sp³-hybridized carbons (Fsp3) is 0.467. The highest BCUT2D eigenvalue weighted by molar-refractivity contribution is 7.21. The minimum atomic E-state index is -1.07. The SMILES string of the molecule is CC(C)(O)[C@@H]1C[C@@H](O)CN1C(=O)c1cc2nccc(Cl)c2s1. The van der Waals surface area contributed by atoms with Gasteiger partial charge in [-0.05, 0) is 32.4 Å². The normalized spacial score (nSPS) is 22.5. The standard InChI is InChI=1S/C15H17ClN2O3S/c1-15(2,21)12-5-8(19)7-18(12)14(20)11-6-10-13(22-11)9(16)3-4-17-10/h3-4,6,8,12,19,21H,5,7H2,1-2H3/t8-,12+/m1/s1. The summed E-state index contributed by atoms with van der Waals surface area (Å²) >= 11 is 7.41. The number of β-amino-alcohol motifs (C(OH)–C–C–N with tert-alkyl or cyclic N) is 1. The molecular formula is C15H17ClN2O3S. The first-order valence-corrected chi connectivity index (χ1v) is 8.22. The van der Waals surface area contributed by atoms with Crippen molar-refractivity contribution < 1.29 is 15.0 Å². The summed E-state index contributed by atoms with van der Waals surface area (Å²) in [6.45, 7) is 3.53. The van der Waals surface area contributed by atoms with Gasteiger partial charge in [0.15, 0.2) is 0 Å². The molecule has 0 unspecified atom stereocenters. The van der Waals surface area contributed by atoms with E-state index in [1.54, 1.807) is 37.1 Å². The summed E-state index contributed by atoms with van der Waals surface area (Å²) in [4.78, 5) is 19.0. The Kier molecular flexibility index (Phi) is 3.89. The van der Waals surface area contributed by atoms with Crippen LogP contribution in [0.5, 0.6) is 0 Å². The van der Waals surface area contributed by atoms with E-state index in [9.17, 15) is 15.0 Å². The number of rotatable bonds is 2. The molecule has 5 nitrogen and oxygen atoms in total. The zero-order valence-electron chi connectivity index (χ0n) is 12.3. The van der Waals surface area contributed by atoms with E-state index in [1.165, 1.54) is 11.3 Å². The minimum Gasteiger partial charge on any atom is -0.391 e. The second-order valence-corrected chi connectivity index (χ2v) is 7.59. The zero-order valence-corrected chi connectivity index (χ0v) is 13.9. The molecule has 2 aromatic heterocycles. The number of thiophene rings is 1. The number of amides is 1. The van der Waals surface area contributed by atoms with Gasteiger partial charge in [-0.3, -0.25) is 9.78 Å². The van der Waals surface area contributed by atoms with Crippen molar-refractivity contribution in [3.8, 4) is 0 Å². The predicted octanol–water partition coefficient (Wildman–Crippen LogP) is 2.30. The molecule has 1 fully saturated rings. The molecule has 7 heteroatoms. The fourth-order valence-electron chi connectivity index (χ4n) is 2.86. The molecule has 0 radical (unpaired) electrons. The van der Waals surface area contributed by atoms with E-state index in [1.807, 2.05) is 0 Å². The van der Waals surface area contributed by atoms with E-state index in [0.717, 1.165) is 4.70 Å². The van der Waals surface area contributed by atoms with E-state index < -0.39 is 17.7 Å². The summed E-state index contributed by atoms with van der Waals surface area (Å²) in [6, 6.07) is 2.98. The van der Waals surface area contributed by atoms with Gasteiger partial charge in [0.25, 0.3) is 5.91 Å². The largest absolute Gasteiger partial charge is 0.391 e. The average molecular weight is 341 g/mol. The number of aromatic nitrogens is 1. The molecule has 3 rings (SSSR count). The Bertz CT molecular complexity index is 725. The summed E-state index contributed by atoms with van der Waals surface area (Å²) in [7, 11) is 0. The number of carbonyl (C=O) groups is 1. The van der Waals surface area contributed by atoms with E-state index in [4.69, 9.17) is 11.6 Å². The molecule has 1 aliphatic rings. The third kappa shape index (κ3) is 2.72. The van der Waals surface area contributed by atoms with Crippen LogP contribution in [-0.4, -0.2) is 50.3 Å². The first-order chi connectivity index (χ1) is 10.3. The number of pyridine rings is 1. The number of hydrogen-bond donors (Lipinski definition) is 2. The molecule has 0 spiro atoms. The van der Waals surface area contributed by atoms with Gasteiger partial charge < -0.3 is 15.1 Å². The van der Waals surface area contributed by atoms with Crippen LogP contribution >= 0.6 is 22.9 Å². The first kappa shape index (κ1) is 15.7. The molecule has 118 valence electrons. The molecule has 0 saturated carbocycles. The van der Waals surface area contributed by atoms with E-state index in [2.05, 4.69) is 4.98 Å². The van der Waals surface area contributed by atoms with Crippen molar-refractivity contribution in [2.24, 2.45) is 0 Å². The Morgan fingerprint density at radius 3 is 2.91 bits per heavy atom. The van der Waals surface area contributed by atoms with E-state index >= 15 is 0 Å². The third-order valence-electron chi connectivity index (χ3n) is 3.93. The molecule has 1 aliphatic heterocycles. The van der Waals surface area contributed by atoms with Gasteiger partial charge in [0.05, 0.1) is 37.9 Å². The van der Waals surface area contributed by atoms with Crippen molar-refractivity contribution in [1.82, 2.24) is 9.88 Å². The third-order valence-corrected chi connectivity index (χ3v) is 5.50. The van der Waals surface area contributed by atoms with Crippen LogP contribution in [0.15, 0.2) is 18.3 Å². The molecule has 0 aromatic carbocycles. The summed E-state index contributed by atoms with van der Waals surface area (Å²) < 4.78 is 0.770. The number of nitrogens with zero attached hydrogens (tertiary/aromatic N) is 2. The topological polar surface area (TPSA) is 73.7 Å². The number of aliphatic hydroxyl groups excluding tert-OH is 1. The summed E-state index contributed by atoms with van der Waals surface area (Å²) in [5.41, 5.74) is -0.389. The Labute approximate surface area is 137 Å². The summed E-state index contributed by atoms with van der Waals surface area (Å²) in [6.07, 6.45) is 1.36. The minimum absolute atomic E-state index is 0.206. The van der Waals surface area contributed by atoms with Crippen LogP contribution in [0.1, 0.15) is 29.9 Å². The lowest BCUT2D eigenvalue weighted by atomic mass is 9.96. The molecule has 2 atom stereocenters. The second kappa shape index (κ2) is 5.45. The van der Waals surface area contributed by atoms with Gasteiger partial charge in [-0.2, -0.15) is 0 Å². The number of aliphatic hydroxyl groups is 2. The Morgan fingerprint density at radius 2 is 2.27 bits per heavy atom. The van der Waals surface area contributed by atoms with Crippen LogP contribution in [0.3, 0.4) is 0 Å². The molecule has 0 aliphatic carbocycles. The van der Waals surface area contributed by atoms with Crippen molar-refractivity contribution in [1.29, 1.82) is 0 Å². The van der Waals surface area contributed by atoms with Crippen LogP contribution in [0.4, 0.5) is 0 Å². The van der Waals surface area contributed by atoms with Crippen molar-refractivity contribution in [2.45, 2.75) is 38.0 Å². The fourth-order valence-corrected chi connectivity index (χ4v) is 4.11. The molecular weight excluding hydrogens is 324 g/mol. The van der Waals surface area contributed by atoms with Crippen LogP contribution < -0.4 is 0 Å². The van der Waals surface area contributed by atoms with Crippen molar-refractivity contribution in [3.05, 3.63) is 28.2 Å². The lowest BCUT2D eigenvalue weighted by Crippen LogP contribution is -2.48. The van der Waals surface area contributed by atoms with E-state index in [-0.39, 0.29) is 12.5 Å². The predicted molar refractivity (Wildman–Crippen MR) is 86.4 cm³/mol. The van der Waals surface area contributed by atoms with Crippen LogP contribution in [0.25, 0.3) is 10.2 Å². The van der Waals surface area contributed by atoms with Crippen LogP contribution in [0, 0.1) is 0 Å². The van der Waals surface area contributed by atoms with Crippen LogP contribution in [0.2, 0.25) is 5.02 Å². The second-order valence-electron chi connectivity index (χ2n) is 6.13. The number of likely N-dealkylation sites (tertiary alicyclic amines) is 1. The average Bonchev–Trinajstić information content (AvgIpc) is 3.01. The maximum absolute atomic E-state index is 12.8. The van der Waals surface area contributed by atoms with Gasteiger partial charge in [0, 0.05) is 12.7 Å². The van der Waals surface area contributed by atoms with Gasteiger partial charge in [-0.25, -0.2) is 0 Å². The Balaban J connectivity index is 1.96. The lowest BCUT2D eigenvalue weighted by Gasteiger charge is -2.33.